The van der Waals surface area contributed by atoms with Crippen LogP contribution in [0.4, 0.5) is 5.69 Å². The molecule has 1 aliphatic rings. The van der Waals surface area contributed by atoms with E-state index in [2.05, 4.69) is 18.3 Å². The SMILES string of the molecule is CCOc1ccc([C@@H]2COc3cc(C)ccc3N2)cc1Cl. The molecule has 21 heavy (non-hydrogen) atoms. The summed E-state index contributed by atoms with van der Waals surface area (Å²) in [6.07, 6.45) is 0. The van der Waals surface area contributed by atoms with E-state index in [4.69, 9.17) is 21.1 Å². The number of aryl methyl sites for hydroxylation is 1. The lowest BCUT2D eigenvalue weighted by atomic mass is 10.0. The molecule has 0 saturated carbocycles. The summed E-state index contributed by atoms with van der Waals surface area (Å²) < 4.78 is 11.3. The number of hydrogen-bond acceptors (Lipinski definition) is 3. The van der Waals surface area contributed by atoms with Gasteiger partial charge in [-0.3, -0.25) is 0 Å². The van der Waals surface area contributed by atoms with Crippen LogP contribution in [0.2, 0.25) is 5.02 Å². The second-order valence-corrected chi connectivity index (χ2v) is 5.54. The zero-order chi connectivity index (χ0) is 14.8. The fraction of sp³-hybridized carbons (Fsp3) is 0.294. The molecular weight excluding hydrogens is 286 g/mol. The van der Waals surface area contributed by atoms with Crippen LogP contribution in [-0.4, -0.2) is 13.2 Å². The lowest BCUT2D eigenvalue weighted by Crippen LogP contribution is -2.23. The highest BCUT2D eigenvalue weighted by molar-refractivity contribution is 6.32. The van der Waals surface area contributed by atoms with Crippen LogP contribution in [-0.2, 0) is 0 Å². The van der Waals surface area contributed by atoms with Crippen LogP contribution in [0, 0.1) is 6.92 Å². The molecule has 2 aromatic carbocycles. The molecule has 110 valence electrons. The van der Waals surface area contributed by atoms with E-state index in [1.54, 1.807) is 0 Å². The molecule has 0 aromatic heterocycles. The van der Waals surface area contributed by atoms with Crippen LogP contribution in [0.25, 0.3) is 0 Å². The Balaban J connectivity index is 1.82. The van der Waals surface area contributed by atoms with E-state index in [1.807, 2.05) is 37.3 Å². The Hall–Kier alpha value is -1.87. The Bertz CT molecular complexity index is 657. The van der Waals surface area contributed by atoms with Crippen molar-refractivity contribution in [3.8, 4) is 11.5 Å². The van der Waals surface area contributed by atoms with Crippen LogP contribution in [0.3, 0.4) is 0 Å². The average Bonchev–Trinajstić information content (AvgIpc) is 2.49. The van der Waals surface area contributed by atoms with Gasteiger partial charge in [0.1, 0.15) is 18.1 Å². The Kier molecular flexibility index (Phi) is 3.93. The Morgan fingerprint density at radius 1 is 1.29 bits per heavy atom. The summed E-state index contributed by atoms with van der Waals surface area (Å²) >= 11 is 6.25. The molecule has 3 nitrogen and oxygen atoms in total. The molecule has 1 aliphatic heterocycles. The van der Waals surface area contributed by atoms with E-state index in [9.17, 15) is 0 Å². The molecule has 0 fully saturated rings. The minimum absolute atomic E-state index is 0.0911. The second kappa shape index (κ2) is 5.86. The van der Waals surface area contributed by atoms with Crippen LogP contribution in [0.15, 0.2) is 36.4 Å². The molecule has 3 rings (SSSR count). The van der Waals surface area contributed by atoms with Gasteiger partial charge in [0.2, 0.25) is 0 Å². The molecule has 0 spiro atoms. The number of anilines is 1. The quantitative estimate of drug-likeness (QED) is 0.899. The largest absolute Gasteiger partial charge is 0.492 e. The van der Waals surface area contributed by atoms with Gasteiger partial charge in [0.25, 0.3) is 0 Å². The molecule has 0 saturated heterocycles. The third-order valence-electron chi connectivity index (χ3n) is 3.53. The molecule has 0 aliphatic carbocycles. The van der Waals surface area contributed by atoms with Crippen molar-refractivity contribution >= 4 is 17.3 Å². The van der Waals surface area contributed by atoms with E-state index in [-0.39, 0.29) is 6.04 Å². The summed E-state index contributed by atoms with van der Waals surface area (Å²) in [6, 6.07) is 12.1. The average molecular weight is 304 g/mol. The second-order valence-electron chi connectivity index (χ2n) is 5.13. The number of hydrogen-bond donors (Lipinski definition) is 1. The van der Waals surface area contributed by atoms with E-state index < -0.39 is 0 Å². The van der Waals surface area contributed by atoms with Crippen LogP contribution >= 0.6 is 11.6 Å². The molecule has 4 heteroatoms. The summed E-state index contributed by atoms with van der Waals surface area (Å²) in [5.74, 6) is 1.62. The van der Waals surface area contributed by atoms with Crippen LogP contribution in [0.1, 0.15) is 24.1 Å². The predicted octanol–water partition coefficient (Wildman–Crippen LogP) is 4.59. The summed E-state index contributed by atoms with van der Waals surface area (Å²) in [5, 5.41) is 4.13. The van der Waals surface area contributed by atoms with Crippen molar-refractivity contribution < 1.29 is 9.47 Å². The number of rotatable bonds is 3. The number of ether oxygens (including phenoxy) is 2. The third kappa shape index (κ3) is 2.93. The van der Waals surface area contributed by atoms with Gasteiger partial charge in [0, 0.05) is 0 Å². The fourth-order valence-electron chi connectivity index (χ4n) is 2.46. The van der Waals surface area contributed by atoms with Crippen molar-refractivity contribution in [1.29, 1.82) is 0 Å². The monoisotopic (exact) mass is 303 g/mol. The summed E-state index contributed by atoms with van der Waals surface area (Å²) in [4.78, 5) is 0. The first-order chi connectivity index (χ1) is 10.2. The molecule has 1 atom stereocenters. The van der Waals surface area contributed by atoms with Crippen molar-refractivity contribution in [1.82, 2.24) is 0 Å². The third-order valence-corrected chi connectivity index (χ3v) is 3.83. The minimum atomic E-state index is 0.0911. The maximum Gasteiger partial charge on any atom is 0.142 e. The van der Waals surface area contributed by atoms with E-state index in [0.717, 1.165) is 22.7 Å². The smallest absolute Gasteiger partial charge is 0.142 e. The zero-order valence-electron chi connectivity index (χ0n) is 12.2. The molecule has 0 amide bonds. The summed E-state index contributed by atoms with van der Waals surface area (Å²) in [7, 11) is 0. The van der Waals surface area contributed by atoms with Crippen molar-refractivity contribution in [3.05, 3.63) is 52.5 Å². The first-order valence-corrected chi connectivity index (χ1v) is 7.47. The highest BCUT2D eigenvalue weighted by atomic mass is 35.5. The number of fused-ring (bicyclic) bond motifs is 1. The highest BCUT2D eigenvalue weighted by Crippen LogP contribution is 2.36. The summed E-state index contributed by atoms with van der Waals surface area (Å²) in [6.45, 7) is 5.19. The van der Waals surface area contributed by atoms with Gasteiger partial charge in [-0.05, 0) is 49.2 Å². The van der Waals surface area contributed by atoms with E-state index in [1.165, 1.54) is 5.56 Å². The van der Waals surface area contributed by atoms with Gasteiger partial charge < -0.3 is 14.8 Å². The van der Waals surface area contributed by atoms with Gasteiger partial charge in [0.05, 0.1) is 23.4 Å². The fourth-order valence-corrected chi connectivity index (χ4v) is 2.70. The number of nitrogens with one attached hydrogen (secondary N) is 1. The normalized spacial score (nSPS) is 16.6. The first kappa shape index (κ1) is 14.1. The maximum absolute atomic E-state index is 6.25. The molecule has 0 unspecified atom stereocenters. The van der Waals surface area contributed by atoms with Crippen LogP contribution < -0.4 is 14.8 Å². The van der Waals surface area contributed by atoms with Crippen molar-refractivity contribution in [3.63, 3.8) is 0 Å². The van der Waals surface area contributed by atoms with Crippen LogP contribution in [0.5, 0.6) is 11.5 Å². The Morgan fingerprint density at radius 2 is 2.14 bits per heavy atom. The number of halogens is 1. The Labute approximate surface area is 129 Å². The molecule has 2 aromatic rings. The van der Waals surface area contributed by atoms with Gasteiger partial charge >= 0.3 is 0 Å². The molecule has 1 N–H and O–H groups in total. The summed E-state index contributed by atoms with van der Waals surface area (Å²) in [5.41, 5.74) is 3.30. The minimum Gasteiger partial charge on any atom is -0.492 e. The molecular formula is C17H18ClNO2. The lowest BCUT2D eigenvalue weighted by Gasteiger charge is -2.28. The van der Waals surface area contributed by atoms with Gasteiger partial charge in [0.15, 0.2) is 0 Å². The first-order valence-electron chi connectivity index (χ1n) is 7.09. The Morgan fingerprint density at radius 3 is 2.90 bits per heavy atom. The highest BCUT2D eigenvalue weighted by Gasteiger charge is 2.21. The van der Waals surface area contributed by atoms with E-state index >= 15 is 0 Å². The van der Waals surface area contributed by atoms with Crippen molar-refractivity contribution in [2.24, 2.45) is 0 Å². The molecule has 1 heterocycles. The molecule has 0 radical (unpaired) electrons. The molecule has 0 bridgehead atoms. The van der Waals surface area contributed by atoms with Gasteiger partial charge in [-0.15, -0.1) is 0 Å². The van der Waals surface area contributed by atoms with E-state index in [0.29, 0.717) is 18.2 Å². The lowest BCUT2D eigenvalue weighted by molar-refractivity contribution is 0.286. The standard InChI is InChI=1S/C17H18ClNO2/c1-3-20-16-7-5-12(9-13(16)18)15-10-21-17-8-11(2)4-6-14(17)19-15/h4-9,15,19H,3,10H2,1-2H3/t15-/m0/s1. The van der Waals surface area contributed by atoms with Gasteiger partial charge in [-0.25, -0.2) is 0 Å². The van der Waals surface area contributed by atoms with Gasteiger partial charge in [-0.2, -0.15) is 0 Å². The zero-order valence-corrected chi connectivity index (χ0v) is 12.9. The topological polar surface area (TPSA) is 30.5 Å². The maximum atomic E-state index is 6.25. The number of benzene rings is 2. The van der Waals surface area contributed by atoms with Crippen molar-refractivity contribution in [2.75, 3.05) is 18.5 Å². The predicted molar refractivity (Wildman–Crippen MR) is 85.7 cm³/mol. The van der Waals surface area contributed by atoms with Gasteiger partial charge in [-0.1, -0.05) is 23.7 Å². The van der Waals surface area contributed by atoms with Crippen molar-refractivity contribution in [2.45, 2.75) is 19.9 Å².